The predicted molar refractivity (Wildman–Crippen MR) is 110 cm³/mol. The Kier molecular flexibility index (Phi) is 5.64. The Labute approximate surface area is 177 Å². The van der Waals surface area contributed by atoms with Gasteiger partial charge in [0.25, 0.3) is 5.69 Å². The van der Waals surface area contributed by atoms with Crippen molar-refractivity contribution in [1.82, 2.24) is 9.78 Å². The molecule has 0 aliphatic heterocycles. The largest absolute Gasteiger partial charge is 0.404 e. The average Bonchev–Trinajstić information content (AvgIpc) is 3.08. The number of benzene rings is 2. The first-order chi connectivity index (χ1) is 13.6. The van der Waals surface area contributed by atoms with Gasteiger partial charge in [-0.2, -0.15) is 5.10 Å². The molecule has 2 aromatic carbocycles. The van der Waals surface area contributed by atoms with Gasteiger partial charge in [-0.3, -0.25) is 10.1 Å². The number of carbonyl (C=O) groups is 1. The summed E-state index contributed by atoms with van der Waals surface area (Å²) in [7, 11) is 0. The third-order valence-electron chi connectivity index (χ3n) is 4.10. The number of aromatic nitrogens is 2. The van der Waals surface area contributed by atoms with E-state index in [-0.39, 0.29) is 27.6 Å². The van der Waals surface area contributed by atoms with Crippen LogP contribution in [-0.2, 0) is 5.41 Å². The molecule has 0 spiro atoms. The van der Waals surface area contributed by atoms with E-state index < -0.39 is 10.9 Å². The van der Waals surface area contributed by atoms with Gasteiger partial charge in [0.05, 0.1) is 31.9 Å². The van der Waals surface area contributed by atoms with Crippen molar-refractivity contribution in [2.24, 2.45) is 0 Å². The highest BCUT2D eigenvalue weighted by Gasteiger charge is 2.23. The van der Waals surface area contributed by atoms with E-state index in [0.29, 0.717) is 16.4 Å². The number of non-ortho nitro benzene ring substituents is 1. The standard InChI is InChI=1S/C20H17Cl2N3O4/c1-20(2,3)17-11-18(29-19(26)12-4-9-15(21)16(22)10-12)24(23-17)13-5-7-14(8-6-13)25(27)28/h4-11H,1-3H3. The van der Waals surface area contributed by atoms with E-state index in [4.69, 9.17) is 27.9 Å². The lowest BCUT2D eigenvalue weighted by Gasteiger charge is -2.13. The molecule has 0 N–H and O–H groups in total. The molecule has 3 rings (SSSR count). The van der Waals surface area contributed by atoms with Crippen molar-refractivity contribution in [1.29, 1.82) is 0 Å². The van der Waals surface area contributed by atoms with Gasteiger partial charge in [-0.25, -0.2) is 9.48 Å². The number of esters is 1. The maximum Gasteiger partial charge on any atom is 0.344 e. The summed E-state index contributed by atoms with van der Waals surface area (Å²) in [5.41, 5.74) is 1.08. The fourth-order valence-corrected chi connectivity index (χ4v) is 2.78. The van der Waals surface area contributed by atoms with E-state index in [1.807, 2.05) is 20.8 Å². The van der Waals surface area contributed by atoms with Gasteiger partial charge in [0.1, 0.15) is 0 Å². The number of halogens is 2. The van der Waals surface area contributed by atoms with Crippen LogP contribution in [0.2, 0.25) is 10.0 Å². The molecule has 0 fully saturated rings. The number of carbonyl (C=O) groups excluding carboxylic acids is 1. The molecule has 1 aromatic heterocycles. The molecular weight excluding hydrogens is 417 g/mol. The zero-order valence-electron chi connectivity index (χ0n) is 15.8. The van der Waals surface area contributed by atoms with Crippen molar-refractivity contribution in [2.75, 3.05) is 0 Å². The fraction of sp³-hybridized carbons (Fsp3) is 0.200. The molecule has 0 saturated heterocycles. The maximum absolute atomic E-state index is 12.6. The summed E-state index contributed by atoms with van der Waals surface area (Å²) in [5, 5.41) is 16.0. The quantitative estimate of drug-likeness (QED) is 0.303. The number of ether oxygens (including phenoxy) is 1. The Balaban J connectivity index is 2.00. The lowest BCUT2D eigenvalue weighted by molar-refractivity contribution is -0.384. The second kappa shape index (κ2) is 7.85. The van der Waals surface area contributed by atoms with Crippen molar-refractivity contribution < 1.29 is 14.5 Å². The third kappa shape index (κ3) is 4.58. The van der Waals surface area contributed by atoms with Gasteiger partial charge < -0.3 is 4.74 Å². The number of nitrogens with zero attached hydrogens (tertiary/aromatic N) is 3. The molecule has 0 bridgehead atoms. The number of hydrogen-bond acceptors (Lipinski definition) is 5. The molecule has 0 atom stereocenters. The minimum atomic E-state index is -0.632. The topological polar surface area (TPSA) is 87.3 Å². The van der Waals surface area contributed by atoms with Gasteiger partial charge in [0, 0.05) is 23.6 Å². The van der Waals surface area contributed by atoms with E-state index in [2.05, 4.69) is 5.10 Å². The molecule has 0 radical (unpaired) electrons. The van der Waals surface area contributed by atoms with Crippen molar-refractivity contribution in [2.45, 2.75) is 26.2 Å². The van der Waals surface area contributed by atoms with E-state index in [9.17, 15) is 14.9 Å². The van der Waals surface area contributed by atoms with Gasteiger partial charge in [-0.15, -0.1) is 0 Å². The molecular formula is C20H17Cl2N3O4. The van der Waals surface area contributed by atoms with Crippen LogP contribution in [0.25, 0.3) is 5.69 Å². The predicted octanol–water partition coefficient (Wildman–Crippen LogP) is 5.60. The lowest BCUT2D eigenvalue weighted by Crippen LogP contribution is -2.13. The number of rotatable bonds is 4. The van der Waals surface area contributed by atoms with Crippen molar-refractivity contribution in [3.8, 4) is 11.6 Å². The summed E-state index contributed by atoms with van der Waals surface area (Å²) >= 11 is 11.9. The number of hydrogen-bond donors (Lipinski definition) is 0. The SMILES string of the molecule is CC(C)(C)c1cc(OC(=O)c2ccc(Cl)c(Cl)c2)n(-c2ccc([N+](=O)[O-])cc2)n1. The molecule has 0 unspecified atom stereocenters. The van der Waals surface area contributed by atoms with Crippen LogP contribution >= 0.6 is 23.2 Å². The summed E-state index contributed by atoms with van der Waals surface area (Å²) in [4.78, 5) is 23.0. The highest BCUT2D eigenvalue weighted by atomic mass is 35.5. The zero-order chi connectivity index (χ0) is 21.3. The molecule has 1 heterocycles. The first-order valence-corrected chi connectivity index (χ1v) is 9.34. The van der Waals surface area contributed by atoms with Crippen LogP contribution in [0.4, 0.5) is 5.69 Å². The van der Waals surface area contributed by atoms with Crippen LogP contribution < -0.4 is 4.74 Å². The number of nitro benzene ring substituents is 1. The summed E-state index contributed by atoms with van der Waals surface area (Å²) in [6.45, 7) is 5.92. The van der Waals surface area contributed by atoms with E-state index in [0.717, 1.165) is 0 Å². The van der Waals surface area contributed by atoms with Gasteiger partial charge in [0.15, 0.2) is 0 Å². The Morgan fingerprint density at radius 2 is 1.72 bits per heavy atom. The number of nitro groups is 1. The van der Waals surface area contributed by atoms with E-state index >= 15 is 0 Å². The molecule has 150 valence electrons. The van der Waals surface area contributed by atoms with Crippen LogP contribution in [0.15, 0.2) is 48.5 Å². The highest BCUT2D eigenvalue weighted by molar-refractivity contribution is 6.42. The van der Waals surface area contributed by atoms with Crippen LogP contribution in [-0.4, -0.2) is 20.7 Å². The summed E-state index contributed by atoms with van der Waals surface area (Å²) in [6, 6.07) is 11.9. The molecule has 3 aromatic rings. The van der Waals surface area contributed by atoms with Crippen molar-refractivity contribution in [3.05, 3.63) is 79.9 Å². The summed E-state index contributed by atoms with van der Waals surface area (Å²) in [5.74, 6) is -0.452. The molecule has 29 heavy (non-hydrogen) atoms. The van der Waals surface area contributed by atoms with Crippen molar-refractivity contribution in [3.63, 3.8) is 0 Å². The average molecular weight is 434 g/mol. The Morgan fingerprint density at radius 1 is 1.07 bits per heavy atom. The monoisotopic (exact) mass is 433 g/mol. The Bertz CT molecular complexity index is 1090. The van der Waals surface area contributed by atoms with Gasteiger partial charge in [-0.05, 0) is 30.3 Å². The minimum absolute atomic E-state index is 0.0497. The minimum Gasteiger partial charge on any atom is -0.404 e. The van der Waals surface area contributed by atoms with E-state index in [1.54, 1.807) is 6.07 Å². The van der Waals surface area contributed by atoms with Crippen LogP contribution in [0.3, 0.4) is 0 Å². The summed E-state index contributed by atoms with van der Waals surface area (Å²) < 4.78 is 6.99. The normalized spacial score (nSPS) is 11.3. The lowest BCUT2D eigenvalue weighted by atomic mass is 9.93. The molecule has 0 aliphatic rings. The molecule has 9 heteroatoms. The fourth-order valence-electron chi connectivity index (χ4n) is 2.48. The Hall–Kier alpha value is -2.90. The Morgan fingerprint density at radius 3 is 2.28 bits per heavy atom. The molecule has 0 aliphatic carbocycles. The zero-order valence-corrected chi connectivity index (χ0v) is 17.4. The van der Waals surface area contributed by atoms with Crippen LogP contribution in [0.1, 0.15) is 36.8 Å². The first-order valence-electron chi connectivity index (χ1n) is 8.59. The van der Waals surface area contributed by atoms with Crippen LogP contribution in [0, 0.1) is 10.1 Å². The smallest absolute Gasteiger partial charge is 0.344 e. The van der Waals surface area contributed by atoms with Crippen molar-refractivity contribution >= 4 is 34.9 Å². The third-order valence-corrected chi connectivity index (χ3v) is 4.84. The molecule has 0 saturated carbocycles. The van der Waals surface area contributed by atoms with Gasteiger partial charge in [-0.1, -0.05) is 44.0 Å². The second-order valence-electron chi connectivity index (χ2n) is 7.32. The first kappa shape index (κ1) is 20.8. The highest BCUT2D eigenvalue weighted by Crippen LogP contribution is 2.29. The van der Waals surface area contributed by atoms with Gasteiger partial charge >= 0.3 is 5.97 Å². The van der Waals surface area contributed by atoms with Crippen LogP contribution in [0.5, 0.6) is 5.88 Å². The maximum atomic E-state index is 12.6. The molecule has 7 nitrogen and oxygen atoms in total. The van der Waals surface area contributed by atoms with Gasteiger partial charge in [0.2, 0.25) is 5.88 Å². The van der Waals surface area contributed by atoms with E-state index in [1.165, 1.54) is 47.1 Å². The molecule has 0 amide bonds. The summed E-state index contributed by atoms with van der Waals surface area (Å²) in [6.07, 6.45) is 0. The second-order valence-corrected chi connectivity index (χ2v) is 8.14.